The number of cyclic esters (lactones) is 1. The summed E-state index contributed by atoms with van der Waals surface area (Å²) in [5, 5.41) is 10.5. The van der Waals surface area contributed by atoms with Crippen molar-refractivity contribution in [1.29, 1.82) is 5.41 Å². The summed E-state index contributed by atoms with van der Waals surface area (Å²) in [7, 11) is 0. The number of piperazine rings is 1. The van der Waals surface area contributed by atoms with Crippen LogP contribution in [0.3, 0.4) is 0 Å². The van der Waals surface area contributed by atoms with Crippen molar-refractivity contribution in [2.24, 2.45) is 0 Å². The van der Waals surface area contributed by atoms with E-state index in [1.807, 2.05) is 4.90 Å². The van der Waals surface area contributed by atoms with Crippen molar-refractivity contribution in [2.75, 3.05) is 57.4 Å². The number of amidine groups is 1. The van der Waals surface area contributed by atoms with Gasteiger partial charge in [-0.3, -0.25) is 34.5 Å². The molecule has 1 aromatic carbocycles. The Morgan fingerprint density at radius 2 is 1.71 bits per heavy atom. The Kier molecular flexibility index (Phi) is 10.6. The van der Waals surface area contributed by atoms with Gasteiger partial charge in [-0.25, -0.2) is 4.79 Å². The summed E-state index contributed by atoms with van der Waals surface area (Å²) in [5.41, 5.74) is 1.19. The summed E-state index contributed by atoms with van der Waals surface area (Å²) in [6.07, 6.45) is -0.523. The van der Waals surface area contributed by atoms with Crippen molar-refractivity contribution in [3.05, 3.63) is 29.8 Å². The number of nitrogens with one attached hydrogen (secondary N) is 2. The minimum absolute atomic E-state index is 0.0110. The van der Waals surface area contributed by atoms with Crippen LogP contribution < -0.4 is 10.2 Å². The number of carbonyl (C=O) groups is 4. The zero-order chi connectivity index (χ0) is 27.7. The third-order valence-corrected chi connectivity index (χ3v) is 6.46. The third-order valence-electron chi connectivity index (χ3n) is 6.46. The second kappa shape index (κ2) is 13.9. The van der Waals surface area contributed by atoms with Gasteiger partial charge in [-0.1, -0.05) is 6.92 Å². The molecule has 2 atom stereocenters. The first-order valence-corrected chi connectivity index (χ1v) is 13.0. The van der Waals surface area contributed by atoms with E-state index >= 15 is 0 Å². The molecule has 2 amide bonds. The number of hydrogen-bond acceptors (Lipinski definition) is 10. The fourth-order valence-electron chi connectivity index (χ4n) is 4.46. The molecule has 2 aliphatic heterocycles. The predicted molar refractivity (Wildman–Crippen MR) is 139 cm³/mol. The van der Waals surface area contributed by atoms with E-state index in [4.69, 9.17) is 19.6 Å². The van der Waals surface area contributed by atoms with Crippen LogP contribution in [0.1, 0.15) is 39.2 Å². The maximum Gasteiger partial charge on any atom is 0.414 e. The maximum atomic E-state index is 12.5. The number of carbonyl (C=O) groups excluding carboxylic acids is 4. The number of ether oxygens (including phenoxy) is 3. The lowest BCUT2D eigenvalue weighted by Crippen LogP contribution is -2.54. The Bertz CT molecular complexity index is 1010. The summed E-state index contributed by atoms with van der Waals surface area (Å²) in [6.45, 7) is 9.02. The van der Waals surface area contributed by atoms with E-state index < -0.39 is 24.1 Å². The predicted octanol–water partition coefficient (Wildman–Crippen LogP) is 1.37. The first-order chi connectivity index (χ1) is 18.2. The highest BCUT2D eigenvalue weighted by Gasteiger charge is 2.36. The van der Waals surface area contributed by atoms with Crippen molar-refractivity contribution in [3.63, 3.8) is 0 Å². The number of amides is 2. The molecule has 2 heterocycles. The highest BCUT2D eigenvalue weighted by molar-refractivity contribution is 6.06. The van der Waals surface area contributed by atoms with E-state index in [9.17, 15) is 19.2 Å². The van der Waals surface area contributed by atoms with Gasteiger partial charge in [0, 0.05) is 50.4 Å². The minimum atomic E-state index is -0.685. The zero-order valence-electron chi connectivity index (χ0n) is 22.2. The molecule has 0 bridgehead atoms. The second-order valence-electron chi connectivity index (χ2n) is 9.05. The molecule has 0 saturated carbocycles. The summed E-state index contributed by atoms with van der Waals surface area (Å²) in [5.74, 6) is -1.08. The summed E-state index contributed by atoms with van der Waals surface area (Å²) in [6, 6.07) is 6.14. The van der Waals surface area contributed by atoms with Gasteiger partial charge in [0.2, 0.25) is 5.91 Å². The van der Waals surface area contributed by atoms with Crippen LogP contribution in [0.15, 0.2) is 24.3 Å². The van der Waals surface area contributed by atoms with Gasteiger partial charge < -0.3 is 19.5 Å². The normalized spacial score (nSPS) is 19.0. The van der Waals surface area contributed by atoms with Gasteiger partial charge in [0.15, 0.2) is 0 Å². The van der Waals surface area contributed by atoms with E-state index in [-0.39, 0.29) is 43.9 Å². The monoisotopic (exact) mass is 531 g/mol. The largest absolute Gasteiger partial charge is 0.466 e. The molecule has 2 fully saturated rings. The van der Waals surface area contributed by atoms with E-state index in [1.165, 1.54) is 0 Å². The molecule has 2 aliphatic rings. The van der Waals surface area contributed by atoms with Crippen molar-refractivity contribution in [3.8, 4) is 0 Å². The molecule has 12 nitrogen and oxygen atoms in total. The van der Waals surface area contributed by atoms with Crippen LogP contribution in [0, 0.1) is 5.41 Å². The van der Waals surface area contributed by atoms with Crippen molar-refractivity contribution in [1.82, 2.24) is 15.1 Å². The van der Waals surface area contributed by atoms with Gasteiger partial charge in [-0.15, -0.1) is 0 Å². The van der Waals surface area contributed by atoms with Gasteiger partial charge in [-0.2, -0.15) is 0 Å². The molecule has 2 unspecified atom stereocenters. The topological polar surface area (TPSA) is 142 Å². The molecular formula is C26H37N5O7. The summed E-state index contributed by atoms with van der Waals surface area (Å²) in [4.78, 5) is 54.3. The molecule has 2 N–H and O–H groups in total. The highest BCUT2D eigenvalue weighted by Crippen LogP contribution is 2.23. The molecule has 38 heavy (non-hydrogen) atoms. The first kappa shape index (κ1) is 29.1. The molecule has 0 aromatic heterocycles. The van der Waals surface area contributed by atoms with Crippen LogP contribution in [-0.4, -0.2) is 104 Å². The van der Waals surface area contributed by atoms with Crippen LogP contribution in [0.25, 0.3) is 0 Å². The number of hydrogen-bond donors (Lipinski definition) is 2. The number of esters is 2. The van der Waals surface area contributed by atoms with Crippen LogP contribution in [-0.2, 0) is 28.6 Å². The van der Waals surface area contributed by atoms with E-state index in [2.05, 4.69) is 10.2 Å². The van der Waals surface area contributed by atoms with Crippen LogP contribution >= 0.6 is 0 Å². The molecule has 0 spiro atoms. The number of benzene rings is 1. The molecule has 12 heteroatoms. The smallest absolute Gasteiger partial charge is 0.414 e. The average molecular weight is 532 g/mol. The second-order valence-corrected chi connectivity index (χ2v) is 9.05. The lowest BCUT2D eigenvalue weighted by Gasteiger charge is -2.38. The van der Waals surface area contributed by atoms with E-state index in [0.717, 1.165) is 0 Å². The van der Waals surface area contributed by atoms with Gasteiger partial charge in [0.05, 0.1) is 26.2 Å². The Morgan fingerprint density at radius 3 is 2.32 bits per heavy atom. The van der Waals surface area contributed by atoms with Crippen molar-refractivity contribution < 1.29 is 33.4 Å². The molecule has 1 aromatic rings. The van der Waals surface area contributed by atoms with Crippen molar-refractivity contribution >= 4 is 35.5 Å². The van der Waals surface area contributed by atoms with E-state index in [1.54, 1.807) is 49.9 Å². The van der Waals surface area contributed by atoms with Gasteiger partial charge >= 0.3 is 18.0 Å². The molecule has 3 rings (SSSR count). The average Bonchev–Trinajstić information content (AvgIpc) is 3.27. The number of rotatable bonds is 11. The highest BCUT2D eigenvalue weighted by atomic mass is 16.6. The Hall–Kier alpha value is -3.51. The summed E-state index contributed by atoms with van der Waals surface area (Å²) < 4.78 is 15.8. The van der Waals surface area contributed by atoms with Gasteiger partial charge in [0.25, 0.3) is 0 Å². The Labute approximate surface area is 222 Å². The fourth-order valence-corrected chi connectivity index (χ4v) is 4.46. The van der Waals surface area contributed by atoms with Crippen LogP contribution in [0.4, 0.5) is 10.5 Å². The lowest BCUT2D eigenvalue weighted by atomic mass is 10.1. The van der Waals surface area contributed by atoms with Crippen LogP contribution in [0.5, 0.6) is 0 Å². The standard InChI is InChI=1S/C26H37N5O7/c1-4-22(32)28-24(27)18-7-9-19(10-8-18)31-17-20(38-26(31)35)16-29-11-13-30(14-12-29)21(25(34)37-6-3)15-23(33)36-5-2/h7-10,20-21H,4-6,11-17H2,1-3H3,(H2,27,28,32). The number of anilines is 1. The molecule has 0 aliphatic carbocycles. The molecule has 0 radical (unpaired) electrons. The first-order valence-electron chi connectivity index (χ1n) is 13.0. The lowest BCUT2D eigenvalue weighted by molar-refractivity contribution is -0.157. The number of nitrogens with zero attached hydrogens (tertiary/aromatic N) is 3. The quantitative estimate of drug-likeness (QED) is 0.187. The Morgan fingerprint density at radius 1 is 1.05 bits per heavy atom. The maximum absolute atomic E-state index is 12.5. The van der Waals surface area contributed by atoms with Gasteiger partial charge in [0.1, 0.15) is 18.0 Å². The molecule has 2 saturated heterocycles. The molecule has 208 valence electrons. The Balaban J connectivity index is 1.52. The molecular weight excluding hydrogens is 494 g/mol. The fraction of sp³-hybridized carbons (Fsp3) is 0.577. The summed E-state index contributed by atoms with van der Waals surface area (Å²) >= 11 is 0. The minimum Gasteiger partial charge on any atom is -0.466 e. The zero-order valence-corrected chi connectivity index (χ0v) is 22.2. The van der Waals surface area contributed by atoms with Crippen LogP contribution in [0.2, 0.25) is 0 Å². The van der Waals surface area contributed by atoms with Gasteiger partial charge in [-0.05, 0) is 38.1 Å². The van der Waals surface area contributed by atoms with Crippen molar-refractivity contribution in [2.45, 2.75) is 45.8 Å². The SMILES string of the molecule is CCOC(=O)CC(C(=O)OCC)N1CCN(CC2CN(c3ccc(C(=N)NC(=O)CC)cc3)C(=O)O2)CC1. The van der Waals surface area contributed by atoms with E-state index in [0.29, 0.717) is 50.5 Å². The third kappa shape index (κ3) is 7.75.